The first-order valence-corrected chi connectivity index (χ1v) is 7.25. The maximum Gasteiger partial charge on any atom is 0.266 e. The van der Waals surface area contributed by atoms with E-state index in [2.05, 4.69) is 0 Å². The van der Waals surface area contributed by atoms with Crippen LogP contribution in [0, 0.1) is 0 Å². The van der Waals surface area contributed by atoms with Crippen LogP contribution in [0.25, 0.3) is 10.1 Å². The smallest absolute Gasteiger partial charge is 0.266 e. The minimum atomic E-state index is -0.422. The van der Waals surface area contributed by atoms with Crippen molar-refractivity contribution in [3.8, 4) is 5.75 Å². The van der Waals surface area contributed by atoms with E-state index in [0.717, 1.165) is 15.8 Å². The number of benzene rings is 1. The largest absolute Gasteiger partial charge is 0.497 e. The lowest BCUT2D eigenvalue weighted by molar-refractivity contribution is 0.0770. The summed E-state index contributed by atoms with van der Waals surface area (Å²) >= 11 is 1.37. The summed E-state index contributed by atoms with van der Waals surface area (Å²) in [6, 6.07) is 5.58. The van der Waals surface area contributed by atoms with E-state index in [9.17, 15) is 9.90 Å². The van der Waals surface area contributed by atoms with Crippen molar-refractivity contribution in [2.24, 2.45) is 0 Å². The summed E-state index contributed by atoms with van der Waals surface area (Å²) in [6.45, 7) is 0.965. The quantitative estimate of drug-likeness (QED) is 0.883. The Balaban J connectivity index is 1.99. The first-order valence-electron chi connectivity index (χ1n) is 6.43. The third-order valence-electron chi connectivity index (χ3n) is 3.58. The van der Waals surface area contributed by atoms with Crippen molar-refractivity contribution in [3.63, 3.8) is 0 Å². The molecule has 5 nitrogen and oxygen atoms in total. The second kappa shape index (κ2) is 4.96. The molecule has 1 amide bonds. The molecule has 1 aromatic carbocycles. The topological polar surface area (TPSA) is 75.8 Å². The third kappa shape index (κ3) is 2.10. The van der Waals surface area contributed by atoms with Crippen LogP contribution >= 0.6 is 11.3 Å². The highest BCUT2D eigenvalue weighted by Gasteiger charge is 2.28. The van der Waals surface area contributed by atoms with Crippen LogP contribution in [0.15, 0.2) is 18.2 Å². The van der Waals surface area contributed by atoms with Crippen LogP contribution in [0.3, 0.4) is 0 Å². The molecule has 1 aliphatic rings. The summed E-state index contributed by atoms with van der Waals surface area (Å²) < 4.78 is 6.12. The van der Waals surface area contributed by atoms with Gasteiger partial charge in [-0.25, -0.2) is 0 Å². The lowest BCUT2D eigenvalue weighted by Crippen LogP contribution is -2.29. The molecule has 106 valence electrons. The number of β-amino-alcohol motifs (C(OH)–C–C–N with tert-alkyl or cyclic N) is 1. The zero-order chi connectivity index (χ0) is 14.3. The monoisotopic (exact) mass is 292 g/mol. The molecule has 1 atom stereocenters. The number of amides is 1. The van der Waals surface area contributed by atoms with Gasteiger partial charge in [0.2, 0.25) is 0 Å². The fourth-order valence-corrected chi connectivity index (χ4v) is 3.57. The molecule has 20 heavy (non-hydrogen) atoms. The first-order chi connectivity index (χ1) is 9.60. The number of nitrogens with two attached hydrogens (primary N) is 1. The molecule has 6 heteroatoms. The predicted octanol–water partition coefficient (Wildman–Crippen LogP) is 1.70. The van der Waals surface area contributed by atoms with Gasteiger partial charge in [-0.15, -0.1) is 11.3 Å². The molecule has 0 bridgehead atoms. The number of nitrogen functional groups attached to an aromatic ring is 1. The number of methoxy groups -OCH3 is 1. The van der Waals surface area contributed by atoms with E-state index < -0.39 is 6.10 Å². The lowest BCUT2D eigenvalue weighted by atomic mass is 10.2. The number of ether oxygens (including phenoxy) is 1. The number of aliphatic hydroxyl groups excluding tert-OH is 1. The van der Waals surface area contributed by atoms with Crippen molar-refractivity contribution in [2.45, 2.75) is 12.5 Å². The Kier molecular flexibility index (Phi) is 3.27. The Morgan fingerprint density at radius 2 is 2.35 bits per heavy atom. The predicted molar refractivity (Wildman–Crippen MR) is 79.3 cm³/mol. The van der Waals surface area contributed by atoms with Crippen LogP contribution in [0.5, 0.6) is 5.75 Å². The van der Waals surface area contributed by atoms with Gasteiger partial charge in [0, 0.05) is 23.2 Å². The Morgan fingerprint density at radius 1 is 1.55 bits per heavy atom. The van der Waals surface area contributed by atoms with E-state index in [-0.39, 0.29) is 5.91 Å². The Hall–Kier alpha value is -1.79. The van der Waals surface area contributed by atoms with Crippen LogP contribution in [0.4, 0.5) is 5.69 Å². The molecule has 3 N–H and O–H groups in total. The van der Waals surface area contributed by atoms with Crippen molar-refractivity contribution in [1.82, 2.24) is 4.90 Å². The van der Waals surface area contributed by atoms with Crippen LogP contribution in [0.1, 0.15) is 16.1 Å². The number of hydrogen-bond acceptors (Lipinski definition) is 5. The lowest BCUT2D eigenvalue weighted by Gasteiger charge is -2.14. The van der Waals surface area contributed by atoms with E-state index in [1.54, 1.807) is 12.0 Å². The van der Waals surface area contributed by atoms with Gasteiger partial charge in [0.1, 0.15) is 10.6 Å². The van der Waals surface area contributed by atoms with Gasteiger partial charge in [0.15, 0.2) is 0 Å². The summed E-state index contributed by atoms with van der Waals surface area (Å²) in [7, 11) is 1.61. The summed E-state index contributed by atoms with van der Waals surface area (Å²) in [4.78, 5) is 14.7. The normalized spacial score (nSPS) is 18.7. The summed E-state index contributed by atoms with van der Waals surface area (Å²) in [5.41, 5.74) is 6.61. The van der Waals surface area contributed by atoms with Crippen LogP contribution in [0.2, 0.25) is 0 Å². The van der Waals surface area contributed by atoms with Crippen molar-refractivity contribution < 1.29 is 14.6 Å². The zero-order valence-corrected chi connectivity index (χ0v) is 11.9. The Bertz CT molecular complexity index is 668. The molecule has 0 saturated carbocycles. The van der Waals surface area contributed by atoms with E-state index in [1.165, 1.54) is 11.3 Å². The highest BCUT2D eigenvalue weighted by Crippen LogP contribution is 2.36. The minimum absolute atomic E-state index is 0.0979. The molecule has 2 aromatic rings. The minimum Gasteiger partial charge on any atom is -0.497 e. The highest BCUT2D eigenvalue weighted by atomic mass is 32.1. The summed E-state index contributed by atoms with van der Waals surface area (Å²) in [6.07, 6.45) is 0.208. The number of rotatable bonds is 2. The number of anilines is 1. The van der Waals surface area contributed by atoms with Crippen molar-refractivity contribution in [3.05, 3.63) is 23.1 Å². The van der Waals surface area contributed by atoms with E-state index >= 15 is 0 Å². The SMILES string of the molecule is COc1ccc2c(N)c(C(=O)N3CCC(O)C3)sc2c1. The van der Waals surface area contributed by atoms with Crippen LogP contribution < -0.4 is 10.5 Å². The first kappa shape index (κ1) is 13.2. The molecule has 2 heterocycles. The summed E-state index contributed by atoms with van der Waals surface area (Å²) in [5.74, 6) is 0.647. The number of likely N-dealkylation sites (tertiary alicyclic amines) is 1. The number of hydrogen-bond donors (Lipinski definition) is 2. The molecule has 0 spiro atoms. The van der Waals surface area contributed by atoms with Gasteiger partial charge in [-0.1, -0.05) is 0 Å². The van der Waals surface area contributed by atoms with Gasteiger partial charge in [-0.05, 0) is 24.6 Å². The standard InChI is InChI=1S/C14H16N2O3S/c1-19-9-2-3-10-11(6-9)20-13(12(10)15)14(18)16-5-4-8(17)7-16/h2-3,6,8,17H,4-5,7,15H2,1H3. The average molecular weight is 292 g/mol. The number of thiophene rings is 1. The maximum absolute atomic E-state index is 12.5. The van der Waals surface area contributed by atoms with Gasteiger partial charge in [0.05, 0.1) is 18.9 Å². The molecule has 3 rings (SSSR count). The van der Waals surface area contributed by atoms with Crippen molar-refractivity contribution in [1.29, 1.82) is 0 Å². The molecular weight excluding hydrogens is 276 g/mol. The van der Waals surface area contributed by atoms with E-state index in [1.807, 2.05) is 18.2 Å². The maximum atomic E-state index is 12.5. The van der Waals surface area contributed by atoms with Crippen LogP contribution in [-0.2, 0) is 0 Å². The fraction of sp³-hybridized carbons (Fsp3) is 0.357. The molecule has 0 radical (unpaired) electrons. The molecule has 1 fully saturated rings. The van der Waals surface area contributed by atoms with Gasteiger partial charge < -0.3 is 20.5 Å². The molecule has 1 unspecified atom stereocenters. The summed E-state index contributed by atoms with van der Waals surface area (Å²) in [5, 5.41) is 10.4. The number of carbonyl (C=O) groups is 1. The van der Waals surface area contributed by atoms with Crippen molar-refractivity contribution >= 4 is 33.0 Å². The number of carbonyl (C=O) groups excluding carboxylic acids is 1. The molecule has 0 aliphatic carbocycles. The Morgan fingerprint density at radius 3 is 3.00 bits per heavy atom. The number of fused-ring (bicyclic) bond motifs is 1. The van der Waals surface area contributed by atoms with Gasteiger partial charge >= 0.3 is 0 Å². The van der Waals surface area contributed by atoms with Gasteiger partial charge in [-0.3, -0.25) is 4.79 Å². The van der Waals surface area contributed by atoms with Crippen LogP contribution in [-0.4, -0.2) is 42.2 Å². The zero-order valence-electron chi connectivity index (χ0n) is 11.1. The second-order valence-corrected chi connectivity index (χ2v) is 5.95. The van der Waals surface area contributed by atoms with E-state index in [0.29, 0.717) is 30.1 Å². The third-order valence-corrected chi connectivity index (χ3v) is 4.74. The molecular formula is C14H16N2O3S. The van der Waals surface area contributed by atoms with Gasteiger partial charge in [-0.2, -0.15) is 0 Å². The van der Waals surface area contributed by atoms with E-state index in [4.69, 9.17) is 10.5 Å². The number of nitrogens with zero attached hydrogens (tertiary/aromatic N) is 1. The molecule has 1 saturated heterocycles. The highest BCUT2D eigenvalue weighted by molar-refractivity contribution is 7.21. The van der Waals surface area contributed by atoms with Gasteiger partial charge in [0.25, 0.3) is 5.91 Å². The van der Waals surface area contributed by atoms with Crippen molar-refractivity contribution in [2.75, 3.05) is 25.9 Å². The molecule has 1 aliphatic heterocycles. The fourth-order valence-electron chi connectivity index (χ4n) is 2.45. The number of aliphatic hydroxyl groups is 1. The average Bonchev–Trinajstić information content (AvgIpc) is 3.02. The molecule has 1 aromatic heterocycles. The Labute approximate surface area is 120 Å². The second-order valence-electron chi connectivity index (χ2n) is 4.90.